The van der Waals surface area contributed by atoms with Gasteiger partial charge in [-0.1, -0.05) is 32.0 Å². The Labute approximate surface area is 187 Å². The molecule has 1 unspecified atom stereocenters. The summed E-state index contributed by atoms with van der Waals surface area (Å²) in [6.45, 7) is 7.91. The van der Waals surface area contributed by atoms with Crippen LogP contribution in [0.2, 0.25) is 0 Å². The summed E-state index contributed by atoms with van der Waals surface area (Å²) in [6.07, 6.45) is 4.61. The van der Waals surface area contributed by atoms with E-state index in [-0.39, 0.29) is 18.5 Å². The van der Waals surface area contributed by atoms with Crippen molar-refractivity contribution in [3.05, 3.63) is 72.1 Å². The van der Waals surface area contributed by atoms with E-state index in [1.807, 2.05) is 32.9 Å². The highest BCUT2D eigenvalue weighted by Gasteiger charge is 2.08. The second kappa shape index (κ2) is 15.5. The third-order valence-corrected chi connectivity index (χ3v) is 3.96. The lowest BCUT2D eigenvalue weighted by Gasteiger charge is -2.00. The molecule has 1 aliphatic rings. The number of hydrogen-bond donors (Lipinski definition) is 4. The van der Waals surface area contributed by atoms with Crippen LogP contribution in [0, 0.1) is 12.7 Å². The van der Waals surface area contributed by atoms with Crippen LogP contribution in [0.25, 0.3) is 11.5 Å². The third kappa shape index (κ3) is 11.2. The Bertz CT molecular complexity index is 883. The highest BCUT2D eigenvalue weighted by atomic mass is 19.1. The maximum Gasteiger partial charge on any atom is 0.404 e. The standard InChI is InChI=1S/C9H8N2O.C8H8FNO2.C4H9NO.C2H6/c1-7-2-3-8(11-4-7)9-5-10-6-12-9;9-7-3-1-2-6(4-7)5-10-8(11)12;6-4-1-2-5-3-4;1-2/h2-6H,1H3;1-4,10H,5H2,(H,11,12);4-6H,1-3H2;1-2H3. The minimum Gasteiger partial charge on any atom is -0.465 e. The van der Waals surface area contributed by atoms with Crippen molar-refractivity contribution in [3.63, 3.8) is 0 Å². The molecule has 32 heavy (non-hydrogen) atoms. The molecule has 1 amide bonds. The molecule has 3 heterocycles. The fourth-order valence-electron chi connectivity index (χ4n) is 2.42. The average Bonchev–Trinajstić information content (AvgIpc) is 3.50. The summed E-state index contributed by atoms with van der Waals surface area (Å²) in [5.74, 6) is 0.342. The second-order valence-corrected chi connectivity index (χ2v) is 6.52. The van der Waals surface area contributed by atoms with Gasteiger partial charge in [-0.15, -0.1) is 0 Å². The van der Waals surface area contributed by atoms with E-state index in [1.165, 1.54) is 24.6 Å². The number of amides is 1. The van der Waals surface area contributed by atoms with Crippen molar-refractivity contribution in [3.8, 4) is 11.5 Å². The van der Waals surface area contributed by atoms with Gasteiger partial charge in [0.15, 0.2) is 12.2 Å². The van der Waals surface area contributed by atoms with Crippen LogP contribution in [0.4, 0.5) is 9.18 Å². The number of pyridine rings is 1. The number of benzene rings is 1. The van der Waals surface area contributed by atoms with Gasteiger partial charge in [0.2, 0.25) is 0 Å². The molecule has 4 N–H and O–H groups in total. The van der Waals surface area contributed by atoms with E-state index in [4.69, 9.17) is 14.6 Å². The predicted octanol–water partition coefficient (Wildman–Crippen LogP) is 4.01. The fourth-order valence-corrected chi connectivity index (χ4v) is 2.42. The van der Waals surface area contributed by atoms with Crippen molar-refractivity contribution >= 4 is 6.09 Å². The molecule has 0 aliphatic carbocycles. The number of nitrogens with zero attached hydrogens (tertiary/aromatic N) is 2. The zero-order chi connectivity index (χ0) is 23.8. The van der Waals surface area contributed by atoms with E-state index in [0.717, 1.165) is 30.8 Å². The maximum absolute atomic E-state index is 12.5. The lowest BCUT2D eigenvalue weighted by molar-refractivity contribution is 0.193. The molecule has 2 aromatic heterocycles. The van der Waals surface area contributed by atoms with Gasteiger partial charge in [-0.3, -0.25) is 4.98 Å². The Hall–Kier alpha value is -3.30. The molecule has 4 rings (SSSR count). The molecule has 0 radical (unpaired) electrons. The number of carboxylic acid groups (broad SMARTS) is 1. The van der Waals surface area contributed by atoms with Gasteiger partial charge in [-0.2, -0.15) is 0 Å². The van der Waals surface area contributed by atoms with E-state index in [1.54, 1.807) is 18.5 Å². The second-order valence-electron chi connectivity index (χ2n) is 6.52. The normalized spacial score (nSPS) is 14.0. The molecule has 1 aromatic carbocycles. The minimum absolute atomic E-state index is 0.0648. The summed E-state index contributed by atoms with van der Waals surface area (Å²) in [5.41, 5.74) is 2.56. The van der Waals surface area contributed by atoms with Crippen molar-refractivity contribution in [2.24, 2.45) is 0 Å². The van der Waals surface area contributed by atoms with Crippen molar-refractivity contribution in [2.45, 2.75) is 39.8 Å². The largest absolute Gasteiger partial charge is 0.465 e. The van der Waals surface area contributed by atoms with Crippen molar-refractivity contribution in [1.29, 1.82) is 0 Å². The smallest absolute Gasteiger partial charge is 0.404 e. The maximum atomic E-state index is 12.5. The van der Waals surface area contributed by atoms with Gasteiger partial charge in [0.25, 0.3) is 0 Å². The third-order valence-electron chi connectivity index (χ3n) is 3.96. The van der Waals surface area contributed by atoms with Crippen molar-refractivity contribution in [1.82, 2.24) is 20.6 Å². The highest BCUT2D eigenvalue weighted by molar-refractivity contribution is 5.64. The first-order valence-electron chi connectivity index (χ1n) is 10.4. The first-order valence-corrected chi connectivity index (χ1v) is 10.4. The van der Waals surface area contributed by atoms with Gasteiger partial charge >= 0.3 is 6.09 Å². The summed E-state index contributed by atoms with van der Waals surface area (Å²) >= 11 is 0. The molecule has 1 fully saturated rings. The molecular formula is C23H31FN4O4. The number of aliphatic hydroxyl groups excluding tert-OH is 1. The van der Waals surface area contributed by atoms with E-state index >= 15 is 0 Å². The molecule has 174 valence electrons. The fraction of sp³-hybridized carbons (Fsp3) is 0.348. The van der Waals surface area contributed by atoms with Crippen LogP contribution in [-0.4, -0.2) is 45.5 Å². The zero-order valence-corrected chi connectivity index (χ0v) is 18.6. The molecule has 1 aliphatic heterocycles. The van der Waals surface area contributed by atoms with Gasteiger partial charge in [-0.05, 0) is 49.2 Å². The summed E-state index contributed by atoms with van der Waals surface area (Å²) in [6, 6.07) is 9.69. The van der Waals surface area contributed by atoms with Gasteiger partial charge in [0, 0.05) is 19.3 Å². The van der Waals surface area contributed by atoms with E-state index < -0.39 is 6.09 Å². The number of oxazole rings is 1. The van der Waals surface area contributed by atoms with Crippen LogP contribution in [-0.2, 0) is 6.54 Å². The Morgan fingerprint density at radius 2 is 2.06 bits per heavy atom. The van der Waals surface area contributed by atoms with Crippen LogP contribution in [0.5, 0.6) is 0 Å². The number of carbonyl (C=O) groups is 1. The van der Waals surface area contributed by atoms with Crippen LogP contribution in [0.3, 0.4) is 0 Å². The Balaban J connectivity index is 0.000000242. The van der Waals surface area contributed by atoms with Gasteiger partial charge in [0.1, 0.15) is 11.5 Å². The molecule has 8 nitrogen and oxygen atoms in total. The number of hydrogen-bond acceptors (Lipinski definition) is 6. The van der Waals surface area contributed by atoms with Crippen LogP contribution >= 0.6 is 0 Å². The zero-order valence-electron chi connectivity index (χ0n) is 18.6. The SMILES string of the molecule is CC.Cc1ccc(-c2cnco2)nc1.O=C(O)NCc1cccc(F)c1.OC1CCNC1. The van der Waals surface area contributed by atoms with Gasteiger partial charge in [0.05, 0.1) is 12.3 Å². The number of aryl methyl sites for hydroxylation is 1. The molecule has 0 spiro atoms. The average molecular weight is 447 g/mol. The predicted molar refractivity (Wildman–Crippen MR) is 121 cm³/mol. The number of β-amino-alcohol motifs (C(OH)–C–C–N with tert-alkyl or cyclic N) is 1. The van der Waals surface area contributed by atoms with Gasteiger partial charge in [-0.25, -0.2) is 14.2 Å². The number of nitrogens with one attached hydrogen (secondary N) is 2. The minimum atomic E-state index is -1.11. The summed E-state index contributed by atoms with van der Waals surface area (Å²) < 4.78 is 17.6. The molecule has 1 saturated heterocycles. The number of aliphatic hydroxyl groups is 1. The summed E-state index contributed by atoms with van der Waals surface area (Å²) in [7, 11) is 0. The molecule has 0 bridgehead atoms. The summed E-state index contributed by atoms with van der Waals surface area (Å²) in [4.78, 5) is 18.1. The van der Waals surface area contributed by atoms with Crippen LogP contribution < -0.4 is 10.6 Å². The molecule has 3 aromatic rings. The molecule has 0 saturated carbocycles. The Morgan fingerprint density at radius 3 is 2.53 bits per heavy atom. The lowest BCUT2D eigenvalue weighted by atomic mass is 10.2. The van der Waals surface area contributed by atoms with E-state index in [0.29, 0.717) is 11.3 Å². The first-order chi connectivity index (χ1) is 15.4. The Kier molecular flexibility index (Phi) is 12.9. The number of aromatic nitrogens is 2. The first kappa shape index (κ1) is 26.7. The van der Waals surface area contributed by atoms with E-state index in [2.05, 4.69) is 20.6 Å². The Morgan fingerprint density at radius 1 is 1.28 bits per heavy atom. The topological polar surface area (TPSA) is 121 Å². The van der Waals surface area contributed by atoms with Crippen LogP contribution in [0.15, 0.2) is 59.6 Å². The summed E-state index contributed by atoms with van der Waals surface area (Å²) in [5, 5.41) is 22.1. The van der Waals surface area contributed by atoms with Crippen molar-refractivity contribution in [2.75, 3.05) is 13.1 Å². The highest BCUT2D eigenvalue weighted by Crippen LogP contribution is 2.15. The van der Waals surface area contributed by atoms with Crippen molar-refractivity contribution < 1.29 is 23.8 Å². The molecule has 9 heteroatoms. The monoisotopic (exact) mass is 446 g/mol. The quantitative estimate of drug-likeness (QED) is 0.480. The molecule has 1 atom stereocenters. The van der Waals surface area contributed by atoms with Crippen LogP contribution in [0.1, 0.15) is 31.4 Å². The molecular weight excluding hydrogens is 415 g/mol. The lowest BCUT2D eigenvalue weighted by Crippen LogP contribution is -2.19. The van der Waals surface area contributed by atoms with E-state index in [9.17, 15) is 9.18 Å². The van der Waals surface area contributed by atoms with Gasteiger partial charge < -0.3 is 25.3 Å². The number of halogens is 1. The number of rotatable bonds is 3.